The zero-order valence-electron chi connectivity index (χ0n) is 15.6. The number of benzene rings is 2. The van der Waals surface area contributed by atoms with Crippen LogP contribution in [0, 0.1) is 3.57 Å². The van der Waals surface area contributed by atoms with Crippen LogP contribution in [0.4, 0.5) is 5.69 Å². The van der Waals surface area contributed by atoms with Gasteiger partial charge in [-0.25, -0.2) is 4.98 Å². The molecule has 0 aliphatic heterocycles. The third-order valence-corrected chi connectivity index (χ3v) is 4.98. The molecular formula is C20H20IN3O4. The number of carbonyl (C=O) groups excluding carboxylic acids is 1. The smallest absolute Gasteiger partial charge is 0.261 e. The Hall–Kier alpha value is -2.62. The molecule has 1 aromatic heterocycles. The summed E-state index contributed by atoms with van der Waals surface area (Å²) in [6.07, 6.45) is 2.33. The Kier molecular flexibility index (Phi) is 6.50. The number of carbonyl (C=O) groups is 1. The number of hydrogen-bond acceptors (Lipinski definition) is 5. The molecule has 0 aliphatic carbocycles. The third-order valence-electron chi connectivity index (χ3n) is 4.26. The maximum Gasteiger partial charge on any atom is 0.261 e. The summed E-state index contributed by atoms with van der Waals surface area (Å²) in [5, 5.41) is 3.30. The van der Waals surface area contributed by atoms with E-state index in [1.807, 2.05) is 24.3 Å². The summed E-state index contributed by atoms with van der Waals surface area (Å²) in [5.41, 5.74) is 1.12. The second-order valence-electron chi connectivity index (χ2n) is 6.13. The normalized spacial score (nSPS) is 10.7. The SMILES string of the molecule is COc1cc2ncn(CCCC(=O)Nc3ccc(I)cc3)c(=O)c2cc1OC. The van der Waals surface area contributed by atoms with Crippen LogP contribution in [0.15, 0.2) is 47.5 Å². The van der Waals surface area contributed by atoms with E-state index in [-0.39, 0.29) is 11.5 Å². The molecule has 8 heteroatoms. The minimum absolute atomic E-state index is 0.0885. The lowest BCUT2D eigenvalue weighted by Crippen LogP contribution is -2.22. The highest BCUT2D eigenvalue weighted by atomic mass is 127. The lowest BCUT2D eigenvalue weighted by molar-refractivity contribution is -0.116. The molecule has 3 rings (SSSR count). The predicted octanol–water partition coefficient (Wildman–Crippen LogP) is 3.44. The van der Waals surface area contributed by atoms with Crippen LogP contribution in [0.25, 0.3) is 10.9 Å². The van der Waals surface area contributed by atoms with Crippen molar-refractivity contribution in [1.82, 2.24) is 9.55 Å². The van der Waals surface area contributed by atoms with E-state index in [1.165, 1.54) is 25.1 Å². The highest BCUT2D eigenvalue weighted by molar-refractivity contribution is 14.1. The second-order valence-corrected chi connectivity index (χ2v) is 7.37. The Morgan fingerprint density at radius 2 is 1.82 bits per heavy atom. The number of fused-ring (bicyclic) bond motifs is 1. The first kappa shape index (κ1) is 20.1. The lowest BCUT2D eigenvalue weighted by atomic mass is 10.2. The zero-order valence-corrected chi connectivity index (χ0v) is 17.7. The van der Waals surface area contributed by atoms with Crippen LogP contribution in [-0.2, 0) is 11.3 Å². The van der Waals surface area contributed by atoms with Crippen molar-refractivity contribution >= 4 is 45.1 Å². The molecule has 0 atom stereocenters. The molecule has 0 radical (unpaired) electrons. The number of amides is 1. The van der Waals surface area contributed by atoms with E-state index in [0.29, 0.717) is 41.8 Å². The molecular weight excluding hydrogens is 473 g/mol. The minimum atomic E-state index is -0.177. The number of rotatable bonds is 7. The van der Waals surface area contributed by atoms with E-state index in [2.05, 4.69) is 32.9 Å². The fourth-order valence-corrected chi connectivity index (χ4v) is 3.17. The van der Waals surface area contributed by atoms with Crippen molar-refractivity contribution in [2.24, 2.45) is 0 Å². The first-order chi connectivity index (χ1) is 13.5. The average molecular weight is 493 g/mol. The molecule has 3 aromatic rings. The Morgan fingerprint density at radius 1 is 1.14 bits per heavy atom. The first-order valence-corrected chi connectivity index (χ1v) is 9.76. The number of ether oxygens (including phenoxy) is 2. The Labute approximate surface area is 175 Å². The molecule has 0 fully saturated rings. The summed E-state index contributed by atoms with van der Waals surface area (Å²) in [6, 6.07) is 10.9. The van der Waals surface area contributed by atoms with Crippen LogP contribution >= 0.6 is 22.6 Å². The number of methoxy groups -OCH3 is 2. The van der Waals surface area contributed by atoms with E-state index in [9.17, 15) is 9.59 Å². The van der Waals surface area contributed by atoms with Gasteiger partial charge in [0.25, 0.3) is 5.56 Å². The van der Waals surface area contributed by atoms with Crippen molar-refractivity contribution in [3.05, 3.63) is 56.6 Å². The number of aromatic nitrogens is 2. The van der Waals surface area contributed by atoms with Crippen LogP contribution < -0.4 is 20.3 Å². The van der Waals surface area contributed by atoms with Gasteiger partial charge >= 0.3 is 0 Å². The largest absolute Gasteiger partial charge is 0.493 e. The van der Waals surface area contributed by atoms with Crippen molar-refractivity contribution in [2.75, 3.05) is 19.5 Å². The summed E-state index contributed by atoms with van der Waals surface area (Å²) in [5.74, 6) is 0.907. The molecule has 28 heavy (non-hydrogen) atoms. The van der Waals surface area contributed by atoms with Gasteiger partial charge in [0.1, 0.15) is 0 Å². The standard InChI is InChI=1S/C20H20IN3O4/c1-27-17-10-15-16(11-18(17)28-2)22-12-24(20(15)26)9-3-4-19(25)23-14-7-5-13(21)6-8-14/h5-8,10-12H,3-4,9H2,1-2H3,(H,23,25). The molecule has 0 unspecified atom stereocenters. The summed E-state index contributed by atoms with van der Waals surface area (Å²) in [4.78, 5) is 29.1. The summed E-state index contributed by atoms with van der Waals surface area (Å²) in [7, 11) is 3.05. The molecule has 0 aliphatic rings. The Balaban J connectivity index is 1.67. The van der Waals surface area contributed by atoms with Gasteiger partial charge in [-0.15, -0.1) is 0 Å². The molecule has 1 N–H and O–H groups in total. The van der Waals surface area contributed by atoms with Crippen molar-refractivity contribution in [1.29, 1.82) is 0 Å². The van der Waals surface area contributed by atoms with E-state index in [4.69, 9.17) is 9.47 Å². The van der Waals surface area contributed by atoms with E-state index >= 15 is 0 Å². The van der Waals surface area contributed by atoms with Crippen molar-refractivity contribution in [3.8, 4) is 11.5 Å². The van der Waals surface area contributed by atoms with Gasteiger partial charge in [-0.1, -0.05) is 0 Å². The number of halogens is 1. The Morgan fingerprint density at radius 3 is 2.50 bits per heavy atom. The van der Waals surface area contributed by atoms with Gasteiger partial charge in [-0.05, 0) is 59.3 Å². The molecule has 7 nitrogen and oxygen atoms in total. The molecule has 1 amide bonds. The Bertz CT molecular complexity index is 1050. The van der Waals surface area contributed by atoms with Crippen LogP contribution in [0.2, 0.25) is 0 Å². The van der Waals surface area contributed by atoms with E-state index in [0.717, 1.165) is 9.26 Å². The van der Waals surface area contributed by atoms with Crippen LogP contribution in [0.1, 0.15) is 12.8 Å². The maximum absolute atomic E-state index is 12.7. The monoisotopic (exact) mass is 493 g/mol. The molecule has 0 spiro atoms. The van der Waals surface area contributed by atoms with Gasteiger partial charge in [0, 0.05) is 28.3 Å². The molecule has 0 saturated heterocycles. The fraction of sp³-hybridized carbons (Fsp3) is 0.250. The van der Waals surface area contributed by atoms with E-state index in [1.54, 1.807) is 12.1 Å². The van der Waals surface area contributed by atoms with Crippen LogP contribution in [0.3, 0.4) is 0 Å². The van der Waals surface area contributed by atoms with Gasteiger partial charge in [0.2, 0.25) is 5.91 Å². The van der Waals surface area contributed by atoms with Crippen molar-refractivity contribution in [3.63, 3.8) is 0 Å². The predicted molar refractivity (Wildman–Crippen MR) is 116 cm³/mol. The number of aryl methyl sites for hydroxylation is 1. The van der Waals surface area contributed by atoms with Crippen LogP contribution in [-0.4, -0.2) is 29.7 Å². The maximum atomic E-state index is 12.7. The highest BCUT2D eigenvalue weighted by Crippen LogP contribution is 2.29. The molecule has 1 heterocycles. The topological polar surface area (TPSA) is 82.5 Å². The minimum Gasteiger partial charge on any atom is -0.493 e. The average Bonchev–Trinajstić information content (AvgIpc) is 2.70. The number of nitrogens with one attached hydrogen (secondary N) is 1. The number of nitrogens with zero attached hydrogens (tertiary/aromatic N) is 2. The third kappa shape index (κ3) is 4.61. The number of anilines is 1. The molecule has 146 valence electrons. The lowest BCUT2D eigenvalue weighted by Gasteiger charge is -2.10. The summed E-state index contributed by atoms with van der Waals surface area (Å²) < 4.78 is 13.1. The molecule has 2 aromatic carbocycles. The fourth-order valence-electron chi connectivity index (χ4n) is 2.81. The van der Waals surface area contributed by atoms with Gasteiger partial charge in [-0.2, -0.15) is 0 Å². The summed E-state index contributed by atoms with van der Waals surface area (Å²) >= 11 is 2.21. The number of hydrogen-bond donors (Lipinski definition) is 1. The summed E-state index contributed by atoms with van der Waals surface area (Å²) in [6.45, 7) is 0.399. The van der Waals surface area contributed by atoms with Crippen molar-refractivity contribution in [2.45, 2.75) is 19.4 Å². The second kappa shape index (κ2) is 9.05. The molecule has 0 saturated carbocycles. The van der Waals surface area contributed by atoms with Crippen molar-refractivity contribution < 1.29 is 14.3 Å². The highest BCUT2D eigenvalue weighted by Gasteiger charge is 2.11. The van der Waals surface area contributed by atoms with Gasteiger partial charge in [0.15, 0.2) is 11.5 Å². The van der Waals surface area contributed by atoms with Crippen LogP contribution in [0.5, 0.6) is 11.5 Å². The zero-order chi connectivity index (χ0) is 20.1. The van der Waals surface area contributed by atoms with Gasteiger partial charge < -0.3 is 14.8 Å². The van der Waals surface area contributed by atoms with E-state index < -0.39 is 0 Å². The quantitative estimate of drug-likeness (QED) is 0.511. The van der Waals surface area contributed by atoms with Gasteiger partial charge in [-0.3, -0.25) is 14.2 Å². The molecule has 0 bridgehead atoms. The first-order valence-electron chi connectivity index (χ1n) is 8.68. The van der Waals surface area contributed by atoms with Gasteiger partial charge in [0.05, 0.1) is 31.4 Å².